The maximum absolute atomic E-state index is 12.8. The second kappa shape index (κ2) is 10.5. The van der Waals surface area contributed by atoms with E-state index in [2.05, 4.69) is 29.2 Å². The fourth-order valence-corrected chi connectivity index (χ4v) is 3.77. The molecule has 34 heavy (non-hydrogen) atoms. The van der Waals surface area contributed by atoms with Crippen molar-refractivity contribution in [3.8, 4) is 5.75 Å². The molecular formula is C25H26ClN5O3. The van der Waals surface area contributed by atoms with Crippen LogP contribution in [0.3, 0.4) is 0 Å². The number of ether oxygens (including phenoxy) is 1. The van der Waals surface area contributed by atoms with Crippen LogP contribution in [-0.4, -0.2) is 38.4 Å². The Kier molecular flexibility index (Phi) is 7.27. The number of amides is 1. The summed E-state index contributed by atoms with van der Waals surface area (Å²) in [5, 5.41) is 8.10. The lowest BCUT2D eigenvalue weighted by Crippen LogP contribution is -2.31. The van der Waals surface area contributed by atoms with Gasteiger partial charge in [0.1, 0.15) is 17.5 Å². The number of nitrogens with zero attached hydrogens (tertiary/aromatic N) is 4. The van der Waals surface area contributed by atoms with Gasteiger partial charge >= 0.3 is 0 Å². The Bertz CT molecular complexity index is 1340. The zero-order chi connectivity index (χ0) is 24.1. The summed E-state index contributed by atoms with van der Waals surface area (Å²) in [7, 11) is 0. The highest BCUT2D eigenvalue weighted by atomic mass is 35.5. The Morgan fingerprint density at radius 2 is 1.97 bits per heavy atom. The highest BCUT2D eigenvalue weighted by molar-refractivity contribution is 6.30. The first-order chi connectivity index (χ1) is 16.4. The fourth-order valence-electron chi connectivity index (χ4n) is 3.56. The van der Waals surface area contributed by atoms with Crippen molar-refractivity contribution in [3.05, 3.63) is 87.6 Å². The Morgan fingerprint density at radius 1 is 1.18 bits per heavy atom. The van der Waals surface area contributed by atoms with Gasteiger partial charge in [-0.05, 0) is 41.3 Å². The van der Waals surface area contributed by atoms with E-state index in [4.69, 9.17) is 16.3 Å². The smallest absolute Gasteiger partial charge is 0.264 e. The predicted octanol–water partition coefficient (Wildman–Crippen LogP) is 3.61. The normalized spacial score (nSPS) is 11.2. The quantitative estimate of drug-likeness (QED) is 0.396. The lowest BCUT2D eigenvalue weighted by molar-refractivity contribution is -0.123. The number of halogens is 1. The van der Waals surface area contributed by atoms with Crippen molar-refractivity contribution >= 4 is 28.5 Å². The van der Waals surface area contributed by atoms with Gasteiger partial charge in [0.2, 0.25) is 0 Å². The molecule has 8 nitrogen and oxygen atoms in total. The van der Waals surface area contributed by atoms with Crippen LogP contribution in [-0.2, 0) is 17.9 Å². The van der Waals surface area contributed by atoms with Gasteiger partial charge in [0, 0.05) is 11.6 Å². The number of carbonyl (C=O) groups excluding carboxylic acids is 1. The van der Waals surface area contributed by atoms with Gasteiger partial charge in [0.05, 0.1) is 19.3 Å². The second-order valence-corrected chi connectivity index (χ2v) is 8.71. The molecule has 0 saturated heterocycles. The molecule has 0 bridgehead atoms. The van der Waals surface area contributed by atoms with Gasteiger partial charge < -0.3 is 10.1 Å². The maximum Gasteiger partial charge on any atom is 0.264 e. The van der Waals surface area contributed by atoms with Crippen LogP contribution in [0.4, 0.5) is 0 Å². The van der Waals surface area contributed by atoms with Gasteiger partial charge in [-0.1, -0.05) is 49.7 Å². The summed E-state index contributed by atoms with van der Waals surface area (Å²) in [5.74, 6) is 0.855. The summed E-state index contributed by atoms with van der Waals surface area (Å²) in [6.45, 7) is 5.25. The van der Waals surface area contributed by atoms with E-state index in [9.17, 15) is 9.59 Å². The first kappa shape index (κ1) is 23.5. The van der Waals surface area contributed by atoms with Gasteiger partial charge in [0.25, 0.3) is 11.5 Å². The summed E-state index contributed by atoms with van der Waals surface area (Å²) < 4.78 is 8.67. The van der Waals surface area contributed by atoms with E-state index in [0.29, 0.717) is 47.4 Å². The Morgan fingerprint density at radius 3 is 2.71 bits per heavy atom. The van der Waals surface area contributed by atoms with Crippen molar-refractivity contribution in [2.45, 2.75) is 32.9 Å². The minimum Gasteiger partial charge on any atom is -0.484 e. The largest absolute Gasteiger partial charge is 0.484 e. The predicted molar refractivity (Wildman–Crippen MR) is 131 cm³/mol. The Labute approximate surface area is 202 Å². The molecule has 0 aliphatic carbocycles. The molecule has 1 amide bonds. The van der Waals surface area contributed by atoms with Crippen molar-refractivity contribution in [3.63, 3.8) is 0 Å². The summed E-state index contributed by atoms with van der Waals surface area (Å²) in [6.07, 6.45) is 3.01. The first-order valence-electron chi connectivity index (χ1n) is 11.1. The van der Waals surface area contributed by atoms with Crippen molar-refractivity contribution < 1.29 is 9.53 Å². The third-order valence-electron chi connectivity index (χ3n) is 5.43. The Balaban J connectivity index is 1.31. The van der Waals surface area contributed by atoms with Crippen molar-refractivity contribution in [2.75, 3.05) is 13.2 Å². The summed E-state index contributed by atoms with van der Waals surface area (Å²) in [4.78, 5) is 29.4. The first-order valence-corrected chi connectivity index (χ1v) is 11.4. The number of rotatable bonds is 9. The topological polar surface area (TPSA) is 91.0 Å². The lowest BCUT2D eigenvalue weighted by atomic mass is 10.0. The maximum atomic E-state index is 12.8. The van der Waals surface area contributed by atoms with Crippen LogP contribution in [0.1, 0.15) is 30.9 Å². The van der Waals surface area contributed by atoms with Crippen molar-refractivity contribution in [1.29, 1.82) is 0 Å². The molecule has 0 radical (unpaired) electrons. The number of fused-ring (bicyclic) bond motifs is 1. The molecule has 0 atom stereocenters. The molecule has 176 valence electrons. The third-order valence-corrected chi connectivity index (χ3v) is 5.66. The molecule has 2 heterocycles. The highest BCUT2D eigenvalue weighted by Gasteiger charge is 2.11. The fraction of sp³-hybridized carbons (Fsp3) is 0.280. The van der Waals surface area contributed by atoms with E-state index >= 15 is 0 Å². The van der Waals surface area contributed by atoms with Crippen LogP contribution in [0.5, 0.6) is 5.75 Å². The van der Waals surface area contributed by atoms with E-state index in [-0.39, 0.29) is 18.1 Å². The molecule has 4 rings (SSSR count). The average Bonchev–Trinajstić information content (AvgIpc) is 3.23. The monoisotopic (exact) mass is 479 g/mol. The van der Waals surface area contributed by atoms with Gasteiger partial charge in [-0.15, -0.1) is 0 Å². The SMILES string of the molecule is CC(C)c1ccc(OCC(=O)NCCn2ncc3c(=O)n(Cc4cccc(Cl)c4)cnc32)cc1. The zero-order valence-electron chi connectivity index (χ0n) is 19.1. The van der Waals surface area contributed by atoms with E-state index in [0.717, 1.165) is 5.56 Å². The highest BCUT2D eigenvalue weighted by Crippen LogP contribution is 2.18. The molecular weight excluding hydrogens is 454 g/mol. The Hall–Kier alpha value is -3.65. The van der Waals surface area contributed by atoms with Crippen molar-refractivity contribution in [2.24, 2.45) is 0 Å². The minimum absolute atomic E-state index is 0.0761. The summed E-state index contributed by atoms with van der Waals surface area (Å²) >= 11 is 6.03. The summed E-state index contributed by atoms with van der Waals surface area (Å²) in [5.41, 5.74) is 2.41. The van der Waals surface area contributed by atoms with Crippen LogP contribution in [0.2, 0.25) is 5.02 Å². The number of carbonyl (C=O) groups is 1. The molecule has 2 aromatic carbocycles. The average molecular weight is 480 g/mol. The van der Waals surface area contributed by atoms with E-state index in [1.54, 1.807) is 10.7 Å². The molecule has 0 fully saturated rings. The molecule has 0 aliphatic heterocycles. The molecule has 9 heteroatoms. The van der Waals surface area contributed by atoms with Gasteiger partial charge in [-0.2, -0.15) is 5.10 Å². The van der Waals surface area contributed by atoms with Crippen molar-refractivity contribution in [1.82, 2.24) is 24.6 Å². The van der Waals surface area contributed by atoms with Gasteiger partial charge in [-0.25, -0.2) is 9.67 Å². The van der Waals surface area contributed by atoms with Gasteiger partial charge in [0.15, 0.2) is 12.3 Å². The molecule has 0 unspecified atom stereocenters. The number of hydrogen-bond donors (Lipinski definition) is 1. The van der Waals surface area contributed by atoms with E-state index in [1.165, 1.54) is 22.7 Å². The number of nitrogens with one attached hydrogen (secondary N) is 1. The number of aromatic nitrogens is 4. The van der Waals surface area contributed by atoms with Crippen LogP contribution >= 0.6 is 11.6 Å². The molecule has 4 aromatic rings. The molecule has 0 saturated carbocycles. The van der Waals surface area contributed by atoms with Crippen LogP contribution in [0, 0.1) is 0 Å². The lowest BCUT2D eigenvalue weighted by Gasteiger charge is -2.10. The minimum atomic E-state index is -0.235. The summed E-state index contributed by atoms with van der Waals surface area (Å²) in [6, 6.07) is 15.1. The van der Waals surface area contributed by atoms with Crippen LogP contribution in [0.15, 0.2) is 65.8 Å². The standard InChI is InChI=1S/C25H26ClN5O3/c1-17(2)19-6-8-21(9-7-19)34-15-23(32)27-10-11-31-24-22(13-29-31)25(33)30(16-28-24)14-18-4-3-5-20(26)12-18/h3-9,12-13,16-17H,10-11,14-15H2,1-2H3,(H,27,32). The number of hydrogen-bond acceptors (Lipinski definition) is 5. The molecule has 0 spiro atoms. The van der Waals surface area contributed by atoms with E-state index in [1.807, 2.05) is 42.5 Å². The van der Waals surface area contributed by atoms with Crippen LogP contribution < -0.4 is 15.6 Å². The van der Waals surface area contributed by atoms with Gasteiger partial charge in [-0.3, -0.25) is 14.2 Å². The molecule has 2 aromatic heterocycles. The second-order valence-electron chi connectivity index (χ2n) is 8.27. The molecule has 0 aliphatic rings. The number of benzene rings is 2. The zero-order valence-corrected chi connectivity index (χ0v) is 19.8. The van der Waals surface area contributed by atoms with Crippen LogP contribution in [0.25, 0.3) is 11.0 Å². The third kappa shape index (κ3) is 5.63. The molecule has 1 N–H and O–H groups in total. The van der Waals surface area contributed by atoms with E-state index < -0.39 is 0 Å².